The summed E-state index contributed by atoms with van der Waals surface area (Å²) in [5.41, 5.74) is 0. The van der Waals surface area contributed by atoms with Crippen molar-refractivity contribution in [1.29, 1.82) is 0 Å². The van der Waals surface area contributed by atoms with Crippen molar-refractivity contribution in [1.82, 2.24) is 4.90 Å². The molecular weight excluding hydrogens is 178 g/mol. The van der Waals surface area contributed by atoms with E-state index < -0.39 is 0 Å². The van der Waals surface area contributed by atoms with Crippen molar-refractivity contribution < 1.29 is 9.53 Å². The van der Waals surface area contributed by atoms with Crippen LogP contribution in [-0.4, -0.2) is 30.7 Å². The van der Waals surface area contributed by atoms with Gasteiger partial charge in [-0.2, -0.15) is 0 Å². The van der Waals surface area contributed by atoms with E-state index in [1.54, 1.807) is 0 Å². The van der Waals surface area contributed by atoms with Gasteiger partial charge in [0.25, 0.3) is 6.47 Å². The Morgan fingerprint density at radius 1 is 1.33 bits per heavy atom. The zero-order valence-electron chi connectivity index (χ0n) is 7.36. The van der Waals surface area contributed by atoms with E-state index in [1.165, 1.54) is 19.3 Å². The maximum atomic E-state index is 10.0. The highest BCUT2D eigenvalue weighted by Gasteiger charge is 2.16. The molecule has 1 aliphatic rings. The Hall–Kier alpha value is -0.280. The van der Waals surface area contributed by atoms with Gasteiger partial charge in [-0.25, -0.2) is 0 Å². The van der Waals surface area contributed by atoms with Crippen LogP contribution in [-0.2, 0) is 9.53 Å². The molecule has 1 heterocycles. The molecule has 0 bridgehead atoms. The van der Waals surface area contributed by atoms with Crippen molar-refractivity contribution in [2.75, 3.05) is 13.1 Å². The van der Waals surface area contributed by atoms with Crippen LogP contribution in [0.1, 0.15) is 26.2 Å². The topological polar surface area (TPSA) is 29.5 Å². The minimum atomic E-state index is -0.0344. The predicted molar refractivity (Wildman–Crippen MR) is 49.3 cm³/mol. The molecule has 1 saturated heterocycles. The molecule has 1 rings (SSSR count). The third kappa shape index (κ3) is 3.41. The van der Waals surface area contributed by atoms with Crippen LogP contribution in [0.2, 0.25) is 0 Å². The fourth-order valence-electron chi connectivity index (χ4n) is 1.45. The highest BCUT2D eigenvalue weighted by atomic mass is 35.5. The number of hydrogen-bond donors (Lipinski definition) is 0. The summed E-state index contributed by atoms with van der Waals surface area (Å²) in [7, 11) is 0. The molecule has 0 aromatic carbocycles. The van der Waals surface area contributed by atoms with E-state index in [1.807, 2.05) is 6.92 Å². The molecule has 0 radical (unpaired) electrons. The number of halogens is 1. The highest BCUT2D eigenvalue weighted by Crippen LogP contribution is 2.11. The van der Waals surface area contributed by atoms with Crippen LogP contribution in [0, 0.1) is 0 Å². The number of piperidine rings is 1. The lowest BCUT2D eigenvalue weighted by Gasteiger charge is -2.30. The van der Waals surface area contributed by atoms with Gasteiger partial charge in [-0.3, -0.25) is 9.69 Å². The lowest BCUT2D eigenvalue weighted by Crippen LogP contribution is -2.38. The number of likely N-dealkylation sites (tertiary alicyclic amines) is 1. The molecule has 1 fully saturated rings. The lowest BCUT2D eigenvalue weighted by atomic mass is 10.1. The maximum Gasteiger partial charge on any atom is 0.294 e. The lowest BCUT2D eigenvalue weighted by molar-refractivity contribution is -0.142. The van der Waals surface area contributed by atoms with Gasteiger partial charge in [-0.15, -0.1) is 12.4 Å². The van der Waals surface area contributed by atoms with E-state index in [2.05, 4.69) is 4.90 Å². The maximum absolute atomic E-state index is 10.0. The normalized spacial score (nSPS) is 20.8. The largest absolute Gasteiger partial charge is 0.449 e. The fourth-order valence-corrected chi connectivity index (χ4v) is 1.45. The molecule has 0 amide bonds. The second-order valence-electron chi connectivity index (χ2n) is 2.93. The third-order valence-corrected chi connectivity index (χ3v) is 2.16. The summed E-state index contributed by atoms with van der Waals surface area (Å²) in [6, 6.07) is 0. The van der Waals surface area contributed by atoms with Crippen LogP contribution in [0.3, 0.4) is 0 Å². The summed E-state index contributed by atoms with van der Waals surface area (Å²) in [6.45, 7) is 4.57. The number of ether oxygens (including phenoxy) is 1. The highest BCUT2D eigenvalue weighted by molar-refractivity contribution is 5.85. The molecule has 3 nitrogen and oxygen atoms in total. The fraction of sp³-hybridized carbons (Fsp3) is 0.875. The summed E-state index contributed by atoms with van der Waals surface area (Å²) in [6.07, 6.45) is 3.73. The first kappa shape index (κ1) is 11.7. The molecule has 1 aliphatic heterocycles. The average Bonchev–Trinajstić information content (AvgIpc) is 2.07. The van der Waals surface area contributed by atoms with Crippen molar-refractivity contribution in [2.24, 2.45) is 0 Å². The van der Waals surface area contributed by atoms with Gasteiger partial charge in [0.15, 0.2) is 6.23 Å². The monoisotopic (exact) mass is 193 g/mol. The Morgan fingerprint density at radius 3 is 2.42 bits per heavy atom. The van der Waals surface area contributed by atoms with Crippen LogP contribution >= 0.6 is 12.4 Å². The Kier molecular flexibility index (Phi) is 6.11. The summed E-state index contributed by atoms with van der Waals surface area (Å²) in [5, 5.41) is 0. The van der Waals surface area contributed by atoms with Crippen LogP contribution in [0.25, 0.3) is 0 Å². The quantitative estimate of drug-likeness (QED) is 0.635. The smallest absolute Gasteiger partial charge is 0.294 e. The van der Waals surface area contributed by atoms with Crippen molar-refractivity contribution >= 4 is 18.9 Å². The Labute approximate surface area is 79.5 Å². The number of nitrogens with zero attached hydrogens (tertiary/aromatic N) is 1. The molecule has 0 saturated carbocycles. The van der Waals surface area contributed by atoms with E-state index in [0.29, 0.717) is 6.47 Å². The molecule has 4 heteroatoms. The molecular formula is C8H16ClNO2. The third-order valence-electron chi connectivity index (χ3n) is 2.16. The van der Waals surface area contributed by atoms with E-state index >= 15 is 0 Å². The van der Waals surface area contributed by atoms with Crippen LogP contribution in [0.5, 0.6) is 0 Å². The van der Waals surface area contributed by atoms with E-state index in [4.69, 9.17) is 4.74 Å². The minimum absolute atomic E-state index is 0. The van der Waals surface area contributed by atoms with Gasteiger partial charge in [0.05, 0.1) is 0 Å². The standard InChI is InChI=1S/C8H15NO2.ClH/c1-8(11-7-10)9-5-3-2-4-6-9;/h7-8H,2-6H2,1H3;1H. The van der Waals surface area contributed by atoms with Crippen molar-refractivity contribution in [3.8, 4) is 0 Å². The average molecular weight is 194 g/mol. The SMILES string of the molecule is CC(OC=O)N1CCCCC1.Cl. The molecule has 0 spiro atoms. The number of hydrogen-bond acceptors (Lipinski definition) is 3. The van der Waals surface area contributed by atoms with Gasteiger partial charge in [-0.05, 0) is 19.8 Å². The molecule has 12 heavy (non-hydrogen) atoms. The second-order valence-corrected chi connectivity index (χ2v) is 2.93. The van der Waals surface area contributed by atoms with Crippen molar-refractivity contribution in [2.45, 2.75) is 32.4 Å². The second kappa shape index (κ2) is 6.26. The summed E-state index contributed by atoms with van der Waals surface area (Å²) in [4.78, 5) is 12.2. The van der Waals surface area contributed by atoms with Crippen molar-refractivity contribution in [3.05, 3.63) is 0 Å². The Bertz CT molecular complexity index is 126. The Balaban J connectivity index is 0.00000121. The zero-order valence-corrected chi connectivity index (χ0v) is 8.18. The van der Waals surface area contributed by atoms with Crippen LogP contribution in [0.4, 0.5) is 0 Å². The van der Waals surface area contributed by atoms with Gasteiger partial charge < -0.3 is 4.74 Å². The van der Waals surface area contributed by atoms with Gasteiger partial charge >= 0.3 is 0 Å². The molecule has 1 unspecified atom stereocenters. The Morgan fingerprint density at radius 2 is 1.92 bits per heavy atom. The number of carbonyl (C=O) groups excluding carboxylic acids is 1. The summed E-state index contributed by atoms with van der Waals surface area (Å²) in [5.74, 6) is 0. The molecule has 1 atom stereocenters. The molecule has 0 N–H and O–H groups in total. The first-order valence-electron chi connectivity index (χ1n) is 4.18. The van der Waals surface area contributed by atoms with E-state index in [0.717, 1.165) is 13.1 Å². The predicted octanol–water partition coefficient (Wildman–Crippen LogP) is 1.41. The first-order chi connectivity index (χ1) is 5.34. The number of carbonyl (C=O) groups is 1. The van der Waals surface area contributed by atoms with Gasteiger partial charge in [-0.1, -0.05) is 6.42 Å². The van der Waals surface area contributed by atoms with E-state index in [-0.39, 0.29) is 18.6 Å². The summed E-state index contributed by atoms with van der Waals surface area (Å²) >= 11 is 0. The van der Waals surface area contributed by atoms with Crippen molar-refractivity contribution in [3.63, 3.8) is 0 Å². The van der Waals surface area contributed by atoms with Crippen LogP contribution < -0.4 is 0 Å². The molecule has 0 aromatic rings. The molecule has 0 aromatic heterocycles. The van der Waals surface area contributed by atoms with Gasteiger partial charge in [0.2, 0.25) is 0 Å². The first-order valence-corrected chi connectivity index (χ1v) is 4.18. The van der Waals surface area contributed by atoms with Gasteiger partial charge in [0, 0.05) is 13.1 Å². The number of rotatable bonds is 3. The zero-order chi connectivity index (χ0) is 8.10. The minimum Gasteiger partial charge on any atom is -0.449 e. The molecule has 0 aliphatic carbocycles. The molecule has 72 valence electrons. The van der Waals surface area contributed by atoms with E-state index in [9.17, 15) is 4.79 Å². The van der Waals surface area contributed by atoms with Crippen LogP contribution in [0.15, 0.2) is 0 Å². The van der Waals surface area contributed by atoms with Gasteiger partial charge in [0.1, 0.15) is 0 Å². The summed E-state index contributed by atoms with van der Waals surface area (Å²) < 4.78 is 4.83.